The molecule has 0 N–H and O–H groups in total. The summed E-state index contributed by atoms with van der Waals surface area (Å²) in [5.74, 6) is 0.285. The fourth-order valence-electron chi connectivity index (χ4n) is 4.85. The summed E-state index contributed by atoms with van der Waals surface area (Å²) < 4.78 is 40.4. The fraction of sp³-hybridized carbons (Fsp3) is 0.480. The van der Waals surface area contributed by atoms with Crippen molar-refractivity contribution in [1.82, 2.24) is 14.7 Å². The highest BCUT2D eigenvalue weighted by molar-refractivity contribution is 7.17. The van der Waals surface area contributed by atoms with Crippen LogP contribution >= 0.6 is 11.3 Å². The van der Waals surface area contributed by atoms with Crippen LogP contribution in [0, 0.1) is 5.92 Å². The minimum atomic E-state index is -4.53. The van der Waals surface area contributed by atoms with Crippen molar-refractivity contribution in [3.05, 3.63) is 53.1 Å². The first-order valence-corrected chi connectivity index (χ1v) is 12.4. The van der Waals surface area contributed by atoms with Gasteiger partial charge in [-0.1, -0.05) is 31.2 Å². The van der Waals surface area contributed by atoms with E-state index in [4.69, 9.17) is 0 Å². The second-order valence-electron chi connectivity index (χ2n) is 8.92. The zero-order chi connectivity index (χ0) is 24.5. The van der Waals surface area contributed by atoms with Crippen LogP contribution in [0.15, 0.2) is 42.5 Å². The highest BCUT2D eigenvalue weighted by Gasteiger charge is 2.44. The molecule has 1 unspecified atom stereocenters. The molecule has 3 heterocycles. The zero-order valence-corrected chi connectivity index (χ0v) is 20.1. The first-order valence-electron chi connectivity index (χ1n) is 11.5. The van der Waals surface area contributed by atoms with Gasteiger partial charge >= 0.3 is 6.18 Å². The molecule has 0 aromatic carbocycles. The lowest BCUT2D eigenvalue weighted by molar-refractivity contribution is -0.141. The van der Waals surface area contributed by atoms with Gasteiger partial charge in [-0.2, -0.15) is 18.3 Å². The third kappa shape index (κ3) is 4.68. The van der Waals surface area contributed by atoms with Crippen LogP contribution in [-0.4, -0.2) is 44.9 Å². The summed E-state index contributed by atoms with van der Waals surface area (Å²) in [7, 11) is 1.46. The third-order valence-corrected chi connectivity index (χ3v) is 7.81. The van der Waals surface area contributed by atoms with E-state index in [9.17, 15) is 22.8 Å². The van der Waals surface area contributed by atoms with Gasteiger partial charge in [0.25, 0.3) is 0 Å². The van der Waals surface area contributed by atoms with Gasteiger partial charge in [-0.25, -0.2) is 0 Å². The Kier molecular flexibility index (Phi) is 6.96. The van der Waals surface area contributed by atoms with Crippen molar-refractivity contribution < 1.29 is 22.8 Å². The second-order valence-corrected chi connectivity index (χ2v) is 10.0. The van der Waals surface area contributed by atoms with E-state index in [1.807, 2.05) is 31.2 Å². The van der Waals surface area contributed by atoms with Gasteiger partial charge in [-0.05, 0) is 43.9 Å². The number of carbonyl (C=O) groups is 2. The van der Waals surface area contributed by atoms with Crippen molar-refractivity contribution in [3.63, 3.8) is 0 Å². The van der Waals surface area contributed by atoms with Crippen LogP contribution in [-0.2, 0) is 18.0 Å². The highest BCUT2D eigenvalue weighted by atomic mass is 32.1. The molecule has 1 saturated heterocycles. The maximum atomic E-state index is 13.8. The molecule has 34 heavy (non-hydrogen) atoms. The number of likely N-dealkylation sites (tertiary alicyclic amines) is 1. The Bertz CT molecular complexity index is 1120. The molecule has 9 heteroatoms. The molecule has 0 amide bonds. The highest BCUT2D eigenvalue weighted by Crippen LogP contribution is 2.38. The number of hydrogen-bond acceptors (Lipinski definition) is 5. The topological polar surface area (TPSA) is 55.2 Å². The van der Waals surface area contributed by atoms with Gasteiger partial charge in [-0.15, -0.1) is 11.3 Å². The Hall–Kier alpha value is -2.52. The van der Waals surface area contributed by atoms with E-state index in [-0.39, 0.29) is 11.7 Å². The maximum absolute atomic E-state index is 13.8. The second kappa shape index (κ2) is 9.62. The van der Waals surface area contributed by atoms with Gasteiger partial charge in [0.2, 0.25) is 0 Å². The summed E-state index contributed by atoms with van der Waals surface area (Å²) in [6, 6.07) is 4.38. The minimum absolute atomic E-state index is 0.0486. The van der Waals surface area contributed by atoms with E-state index >= 15 is 0 Å². The number of allylic oxidation sites excluding steroid dienone is 2. The van der Waals surface area contributed by atoms with E-state index in [0.29, 0.717) is 47.2 Å². The first-order chi connectivity index (χ1) is 16.2. The number of thiophene rings is 1. The zero-order valence-electron chi connectivity index (χ0n) is 19.3. The van der Waals surface area contributed by atoms with Crippen LogP contribution < -0.4 is 0 Å². The largest absolute Gasteiger partial charge is 0.435 e. The molecule has 0 bridgehead atoms. The summed E-state index contributed by atoms with van der Waals surface area (Å²) >= 11 is 1.18. The lowest BCUT2D eigenvalue weighted by atomic mass is 9.80. The predicted molar refractivity (Wildman–Crippen MR) is 126 cm³/mol. The Balaban J connectivity index is 1.58. The average Bonchev–Trinajstić information content (AvgIpc) is 3.46. The average molecular weight is 492 g/mol. The summed E-state index contributed by atoms with van der Waals surface area (Å²) in [6.45, 7) is 3.31. The number of nitrogens with zero attached hydrogens (tertiary/aromatic N) is 3. The molecule has 1 aliphatic heterocycles. The molecule has 1 aliphatic carbocycles. The van der Waals surface area contributed by atoms with Gasteiger partial charge in [0.05, 0.1) is 15.4 Å². The lowest BCUT2D eigenvalue weighted by Crippen LogP contribution is -2.56. The van der Waals surface area contributed by atoms with Gasteiger partial charge in [0.1, 0.15) is 11.3 Å². The van der Waals surface area contributed by atoms with E-state index in [1.165, 1.54) is 23.1 Å². The molecule has 1 fully saturated rings. The van der Waals surface area contributed by atoms with Crippen molar-refractivity contribution in [2.75, 3.05) is 13.1 Å². The van der Waals surface area contributed by atoms with Crippen LogP contribution in [0.1, 0.15) is 54.4 Å². The van der Waals surface area contributed by atoms with Gasteiger partial charge in [-0.3, -0.25) is 19.2 Å². The van der Waals surface area contributed by atoms with E-state index < -0.39 is 17.4 Å². The third-order valence-electron chi connectivity index (χ3n) is 6.70. The molecule has 0 saturated carbocycles. The van der Waals surface area contributed by atoms with E-state index in [2.05, 4.69) is 10.00 Å². The van der Waals surface area contributed by atoms with Gasteiger partial charge in [0, 0.05) is 32.5 Å². The van der Waals surface area contributed by atoms with Crippen LogP contribution in [0.4, 0.5) is 13.2 Å². The molecule has 5 nitrogen and oxygen atoms in total. The molecular weight excluding hydrogens is 463 g/mol. The smallest absolute Gasteiger partial charge is 0.299 e. The van der Waals surface area contributed by atoms with Crippen LogP contribution in [0.3, 0.4) is 0 Å². The van der Waals surface area contributed by atoms with Crippen molar-refractivity contribution in [2.45, 2.75) is 50.7 Å². The number of alkyl halides is 3. The quantitative estimate of drug-likeness (QED) is 0.467. The molecule has 2 aromatic heterocycles. The molecular formula is C25H28F3N3O2S. The molecule has 2 aliphatic rings. The molecule has 1 atom stereocenters. The Morgan fingerprint density at radius 2 is 1.94 bits per heavy atom. The predicted octanol–water partition coefficient (Wildman–Crippen LogP) is 5.69. The fourth-order valence-corrected chi connectivity index (χ4v) is 5.93. The Morgan fingerprint density at radius 3 is 2.53 bits per heavy atom. The number of rotatable bonds is 7. The summed E-state index contributed by atoms with van der Waals surface area (Å²) in [6.07, 6.45) is 6.58. The number of aryl methyl sites for hydroxylation is 1. The standard InChI is InChI=1S/C25H28F3N3O2S/c1-3-7-19(32)17-10-14-31(15-11-17)24(12-5-4-6-13-24)23(33)21-9-8-20(34-21)18-16-22(25(26,27)28)29-30(18)2/h4-6,8-9,12,16-17H,3,7,10-11,13-15H2,1-2H3. The Labute approximate surface area is 200 Å². The van der Waals surface area contributed by atoms with Gasteiger partial charge < -0.3 is 0 Å². The number of carbonyl (C=O) groups excluding carboxylic acids is 2. The summed E-state index contributed by atoms with van der Waals surface area (Å²) in [5, 5.41) is 3.58. The van der Waals surface area contributed by atoms with Crippen LogP contribution in [0.2, 0.25) is 0 Å². The number of aromatic nitrogens is 2. The number of ketones is 2. The first kappa shape index (κ1) is 24.6. The summed E-state index contributed by atoms with van der Waals surface area (Å²) in [4.78, 5) is 29.4. The molecule has 4 rings (SSSR count). The van der Waals surface area contributed by atoms with E-state index in [1.54, 1.807) is 12.1 Å². The number of hydrogen-bond donors (Lipinski definition) is 0. The van der Waals surface area contributed by atoms with Gasteiger partial charge in [0.15, 0.2) is 11.5 Å². The maximum Gasteiger partial charge on any atom is 0.435 e. The minimum Gasteiger partial charge on any atom is -0.299 e. The van der Waals surface area contributed by atoms with E-state index in [0.717, 1.165) is 25.3 Å². The number of piperidine rings is 1. The van der Waals surface area contributed by atoms with Crippen LogP contribution in [0.25, 0.3) is 10.6 Å². The summed E-state index contributed by atoms with van der Waals surface area (Å²) in [5.41, 5.74) is -1.48. The SMILES string of the molecule is CCCC(=O)C1CCN(C2(C(=O)c3ccc(-c4cc(C(F)(F)F)nn4C)s3)C=CC=CC2)CC1. The normalized spacial score (nSPS) is 21.8. The molecule has 0 radical (unpaired) electrons. The van der Waals surface area contributed by atoms with Crippen molar-refractivity contribution in [3.8, 4) is 10.6 Å². The lowest BCUT2D eigenvalue weighted by Gasteiger charge is -2.44. The Morgan fingerprint density at radius 1 is 1.21 bits per heavy atom. The monoisotopic (exact) mass is 491 g/mol. The van der Waals surface area contributed by atoms with Crippen LogP contribution in [0.5, 0.6) is 0 Å². The van der Waals surface area contributed by atoms with Crippen molar-refractivity contribution in [1.29, 1.82) is 0 Å². The number of halogens is 3. The molecule has 0 spiro atoms. The van der Waals surface area contributed by atoms with Crippen molar-refractivity contribution in [2.24, 2.45) is 13.0 Å². The molecule has 182 valence electrons. The number of Topliss-reactive ketones (excluding diaryl/α,β-unsaturated/α-hetero) is 2. The molecule has 2 aromatic rings. The van der Waals surface area contributed by atoms with Crippen molar-refractivity contribution >= 4 is 22.9 Å².